The maximum absolute atomic E-state index is 11.4. The van der Waals surface area contributed by atoms with Gasteiger partial charge in [-0.1, -0.05) is 19.1 Å². The van der Waals surface area contributed by atoms with Crippen molar-refractivity contribution in [2.45, 2.75) is 26.3 Å². The molecule has 0 saturated carbocycles. The van der Waals surface area contributed by atoms with E-state index in [2.05, 4.69) is 15.8 Å². The van der Waals surface area contributed by atoms with E-state index in [1.807, 2.05) is 6.92 Å². The van der Waals surface area contributed by atoms with Crippen LogP contribution in [0.25, 0.3) is 0 Å². The van der Waals surface area contributed by atoms with Crippen molar-refractivity contribution in [3.63, 3.8) is 0 Å². The fraction of sp³-hybridized carbons (Fsp3) is 0.308. The van der Waals surface area contributed by atoms with Crippen molar-refractivity contribution in [3.8, 4) is 5.75 Å². The van der Waals surface area contributed by atoms with Crippen LogP contribution in [0.2, 0.25) is 0 Å². The van der Waals surface area contributed by atoms with Crippen LogP contribution in [0.4, 0.5) is 0 Å². The van der Waals surface area contributed by atoms with Crippen molar-refractivity contribution in [3.05, 3.63) is 29.8 Å². The molecular weight excluding hydrogens is 246 g/mol. The first-order chi connectivity index (χ1) is 9.02. The van der Waals surface area contributed by atoms with Gasteiger partial charge in [0, 0.05) is 6.04 Å². The molecule has 3 N–H and O–H groups in total. The molecule has 6 nitrogen and oxygen atoms in total. The molecule has 1 aromatic rings. The van der Waals surface area contributed by atoms with Crippen LogP contribution in [0.15, 0.2) is 29.4 Å². The molecule has 102 valence electrons. The van der Waals surface area contributed by atoms with E-state index in [9.17, 15) is 14.7 Å². The molecule has 1 aromatic carbocycles. The minimum atomic E-state index is -0.822. The summed E-state index contributed by atoms with van der Waals surface area (Å²) < 4.78 is 0. The molecular formula is C13H17N3O3. The molecule has 0 radical (unpaired) electrons. The fourth-order valence-corrected chi connectivity index (χ4v) is 1.21. The van der Waals surface area contributed by atoms with E-state index >= 15 is 0 Å². The molecule has 0 fully saturated rings. The van der Waals surface area contributed by atoms with E-state index in [0.717, 1.165) is 6.42 Å². The maximum atomic E-state index is 11.4. The number of hydrogen-bond donors (Lipinski definition) is 3. The van der Waals surface area contributed by atoms with Crippen molar-refractivity contribution in [2.75, 3.05) is 0 Å². The Labute approximate surface area is 111 Å². The normalized spacial score (nSPS) is 12.1. The quantitative estimate of drug-likeness (QED) is 0.425. The van der Waals surface area contributed by atoms with Gasteiger partial charge in [0.25, 0.3) is 0 Å². The Morgan fingerprint density at radius 2 is 2.16 bits per heavy atom. The summed E-state index contributed by atoms with van der Waals surface area (Å²) in [5, 5.41) is 15.4. The van der Waals surface area contributed by atoms with Gasteiger partial charge in [0.2, 0.25) is 0 Å². The van der Waals surface area contributed by atoms with Crippen LogP contribution in [0.5, 0.6) is 5.75 Å². The second kappa shape index (κ2) is 7.15. The van der Waals surface area contributed by atoms with Crippen molar-refractivity contribution in [1.29, 1.82) is 0 Å². The molecule has 1 atom stereocenters. The average molecular weight is 263 g/mol. The number of nitrogens with one attached hydrogen (secondary N) is 2. The third-order valence-corrected chi connectivity index (χ3v) is 2.45. The predicted octanol–water partition coefficient (Wildman–Crippen LogP) is 0.757. The van der Waals surface area contributed by atoms with Gasteiger partial charge in [0.15, 0.2) is 0 Å². The van der Waals surface area contributed by atoms with Crippen LogP contribution < -0.4 is 10.7 Å². The van der Waals surface area contributed by atoms with Gasteiger partial charge in [-0.15, -0.1) is 0 Å². The highest BCUT2D eigenvalue weighted by Crippen LogP contribution is 2.08. The largest absolute Gasteiger partial charge is 0.508 e. The summed E-state index contributed by atoms with van der Waals surface area (Å²) in [5.74, 6) is -1.44. The molecule has 0 aliphatic heterocycles. The lowest BCUT2D eigenvalue weighted by molar-refractivity contribution is -0.139. The van der Waals surface area contributed by atoms with E-state index in [1.165, 1.54) is 18.3 Å². The highest BCUT2D eigenvalue weighted by atomic mass is 16.3. The van der Waals surface area contributed by atoms with Gasteiger partial charge < -0.3 is 10.4 Å². The van der Waals surface area contributed by atoms with Gasteiger partial charge >= 0.3 is 11.8 Å². The second-order valence-corrected chi connectivity index (χ2v) is 4.08. The third kappa shape index (κ3) is 5.20. The first-order valence-corrected chi connectivity index (χ1v) is 5.96. The lowest BCUT2D eigenvalue weighted by Gasteiger charge is -2.09. The standard InChI is InChI=1S/C13H17N3O3/c1-3-9(2)15-12(18)13(19)16-14-8-10-5-4-6-11(17)7-10/h4-9,17H,3H2,1-2H3,(H,15,18)(H,16,19)/b14-8-/t9-/m0/s1. The summed E-state index contributed by atoms with van der Waals surface area (Å²) in [6, 6.07) is 6.29. The molecule has 0 saturated heterocycles. The fourth-order valence-electron chi connectivity index (χ4n) is 1.21. The molecule has 0 unspecified atom stereocenters. The zero-order valence-electron chi connectivity index (χ0n) is 10.9. The zero-order valence-corrected chi connectivity index (χ0v) is 10.9. The first kappa shape index (κ1) is 14.7. The number of phenolic OH excluding ortho intramolecular Hbond substituents is 1. The van der Waals surface area contributed by atoms with Gasteiger partial charge in [-0.3, -0.25) is 9.59 Å². The molecule has 0 aliphatic carbocycles. The number of amides is 2. The molecule has 19 heavy (non-hydrogen) atoms. The van der Waals surface area contributed by atoms with Crippen LogP contribution in [0.1, 0.15) is 25.8 Å². The summed E-state index contributed by atoms with van der Waals surface area (Å²) in [6.07, 6.45) is 2.08. The van der Waals surface area contributed by atoms with E-state index in [4.69, 9.17) is 0 Å². The molecule has 0 bridgehead atoms. The molecule has 6 heteroatoms. The Morgan fingerprint density at radius 3 is 2.79 bits per heavy atom. The van der Waals surface area contributed by atoms with Crippen molar-refractivity contribution >= 4 is 18.0 Å². The number of benzene rings is 1. The number of phenols is 1. The van der Waals surface area contributed by atoms with Crippen molar-refractivity contribution in [1.82, 2.24) is 10.7 Å². The second-order valence-electron chi connectivity index (χ2n) is 4.08. The Kier molecular flexibility index (Phi) is 5.53. The lowest BCUT2D eigenvalue weighted by atomic mass is 10.2. The SMILES string of the molecule is CC[C@H](C)NC(=O)C(=O)N/N=C\c1cccc(O)c1. The van der Waals surface area contributed by atoms with Crippen molar-refractivity contribution in [2.24, 2.45) is 5.10 Å². The molecule has 0 spiro atoms. The van der Waals surface area contributed by atoms with Crippen LogP contribution in [-0.4, -0.2) is 29.2 Å². The summed E-state index contributed by atoms with van der Waals surface area (Å²) in [5.41, 5.74) is 2.73. The Balaban J connectivity index is 2.48. The van der Waals surface area contributed by atoms with E-state index in [0.29, 0.717) is 5.56 Å². The number of carbonyl (C=O) groups is 2. The number of carbonyl (C=O) groups excluding carboxylic acids is 2. The Morgan fingerprint density at radius 1 is 1.42 bits per heavy atom. The van der Waals surface area contributed by atoms with Crippen molar-refractivity contribution < 1.29 is 14.7 Å². The highest BCUT2D eigenvalue weighted by Gasteiger charge is 2.14. The third-order valence-electron chi connectivity index (χ3n) is 2.45. The Hall–Kier alpha value is -2.37. The van der Waals surface area contributed by atoms with Gasteiger partial charge in [-0.25, -0.2) is 5.43 Å². The van der Waals surface area contributed by atoms with Gasteiger partial charge in [0.05, 0.1) is 6.21 Å². The first-order valence-electron chi connectivity index (χ1n) is 5.96. The summed E-state index contributed by atoms with van der Waals surface area (Å²) >= 11 is 0. The zero-order chi connectivity index (χ0) is 14.3. The van der Waals surface area contributed by atoms with Gasteiger partial charge in [-0.2, -0.15) is 5.10 Å². The number of aromatic hydroxyl groups is 1. The number of rotatable bonds is 4. The minimum Gasteiger partial charge on any atom is -0.508 e. The number of hydrazone groups is 1. The summed E-state index contributed by atoms with van der Waals surface area (Å²) in [6.45, 7) is 3.71. The lowest BCUT2D eigenvalue weighted by Crippen LogP contribution is -2.41. The van der Waals surface area contributed by atoms with E-state index in [-0.39, 0.29) is 11.8 Å². The molecule has 0 heterocycles. The van der Waals surface area contributed by atoms with E-state index < -0.39 is 11.8 Å². The number of hydrogen-bond acceptors (Lipinski definition) is 4. The minimum absolute atomic E-state index is 0.0618. The highest BCUT2D eigenvalue weighted by molar-refractivity contribution is 6.35. The average Bonchev–Trinajstić information content (AvgIpc) is 2.38. The maximum Gasteiger partial charge on any atom is 0.329 e. The van der Waals surface area contributed by atoms with Crippen LogP contribution in [0, 0.1) is 0 Å². The van der Waals surface area contributed by atoms with E-state index in [1.54, 1.807) is 19.1 Å². The number of nitrogens with zero attached hydrogens (tertiary/aromatic N) is 1. The van der Waals surface area contributed by atoms with Gasteiger partial charge in [-0.05, 0) is 31.0 Å². The monoisotopic (exact) mass is 263 g/mol. The predicted molar refractivity (Wildman–Crippen MR) is 71.7 cm³/mol. The summed E-state index contributed by atoms with van der Waals surface area (Å²) in [4.78, 5) is 22.7. The molecule has 1 rings (SSSR count). The molecule has 2 amide bonds. The Bertz CT molecular complexity index is 486. The molecule has 0 aliphatic rings. The van der Waals surface area contributed by atoms with Gasteiger partial charge in [0.1, 0.15) is 5.75 Å². The summed E-state index contributed by atoms with van der Waals surface area (Å²) in [7, 11) is 0. The topological polar surface area (TPSA) is 90.8 Å². The smallest absolute Gasteiger partial charge is 0.329 e. The van der Waals surface area contributed by atoms with Crippen LogP contribution >= 0.6 is 0 Å². The van der Waals surface area contributed by atoms with Crippen LogP contribution in [-0.2, 0) is 9.59 Å². The molecule has 0 aromatic heterocycles. The van der Waals surface area contributed by atoms with Crippen LogP contribution in [0.3, 0.4) is 0 Å².